The molecule has 2 aromatic carbocycles. The molecular weight excluding hydrogens is 260 g/mol. The zero-order valence-corrected chi connectivity index (χ0v) is 12.5. The maximum atomic E-state index is 8.85. The molecule has 0 aliphatic heterocycles. The third-order valence-electron chi connectivity index (χ3n) is 3.41. The Bertz CT molecular complexity index is 631. The van der Waals surface area contributed by atoms with Crippen molar-refractivity contribution in [2.75, 3.05) is 20.2 Å². The highest BCUT2D eigenvalue weighted by Gasteiger charge is 2.03. The van der Waals surface area contributed by atoms with Gasteiger partial charge in [0.25, 0.3) is 0 Å². The predicted octanol–water partition coefficient (Wildman–Crippen LogP) is 3.38. The van der Waals surface area contributed by atoms with Gasteiger partial charge in [-0.3, -0.25) is 4.90 Å². The van der Waals surface area contributed by atoms with E-state index >= 15 is 0 Å². The second-order valence-electron chi connectivity index (χ2n) is 5.15. The molecular formula is C18H20N2O. The monoisotopic (exact) mass is 280 g/mol. The molecule has 0 saturated heterocycles. The molecule has 0 aromatic heterocycles. The largest absolute Gasteiger partial charge is 0.492 e. The first-order valence-corrected chi connectivity index (χ1v) is 7.05. The van der Waals surface area contributed by atoms with Crippen LogP contribution in [-0.4, -0.2) is 25.1 Å². The molecule has 2 aromatic rings. The number of aryl methyl sites for hydroxylation is 1. The molecule has 0 bridgehead atoms. The molecule has 0 N–H and O–H groups in total. The fourth-order valence-corrected chi connectivity index (χ4v) is 2.13. The summed E-state index contributed by atoms with van der Waals surface area (Å²) in [6, 6.07) is 17.8. The molecule has 2 rings (SSSR count). The van der Waals surface area contributed by atoms with Crippen molar-refractivity contribution < 1.29 is 4.74 Å². The molecule has 0 radical (unpaired) electrons. The Morgan fingerprint density at radius 1 is 1.14 bits per heavy atom. The zero-order valence-electron chi connectivity index (χ0n) is 12.5. The van der Waals surface area contributed by atoms with Crippen LogP contribution in [0.5, 0.6) is 5.75 Å². The third-order valence-corrected chi connectivity index (χ3v) is 3.41. The average Bonchev–Trinajstić information content (AvgIpc) is 2.50. The van der Waals surface area contributed by atoms with Crippen molar-refractivity contribution in [3.8, 4) is 11.8 Å². The van der Waals surface area contributed by atoms with Crippen LogP contribution in [0.2, 0.25) is 0 Å². The summed E-state index contributed by atoms with van der Waals surface area (Å²) in [5.41, 5.74) is 3.28. The Morgan fingerprint density at radius 2 is 1.95 bits per heavy atom. The van der Waals surface area contributed by atoms with Gasteiger partial charge in [-0.05, 0) is 43.3 Å². The summed E-state index contributed by atoms with van der Waals surface area (Å²) in [5, 5.41) is 8.85. The number of hydrogen-bond acceptors (Lipinski definition) is 3. The SMILES string of the molecule is Cc1ccccc1CN(C)CCOc1cccc(C#N)c1. The summed E-state index contributed by atoms with van der Waals surface area (Å²) in [6.45, 7) is 4.49. The van der Waals surface area contributed by atoms with E-state index in [2.05, 4.69) is 49.2 Å². The van der Waals surface area contributed by atoms with Crippen molar-refractivity contribution in [3.63, 3.8) is 0 Å². The Kier molecular flexibility index (Phi) is 5.36. The smallest absolute Gasteiger partial charge is 0.120 e. The molecule has 21 heavy (non-hydrogen) atoms. The molecule has 0 amide bonds. The van der Waals surface area contributed by atoms with Crippen LogP contribution in [0.15, 0.2) is 48.5 Å². The van der Waals surface area contributed by atoms with E-state index in [1.165, 1.54) is 11.1 Å². The number of rotatable bonds is 6. The van der Waals surface area contributed by atoms with E-state index in [0.29, 0.717) is 12.2 Å². The highest BCUT2D eigenvalue weighted by molar-refractivity contribution is 5.36. The van der Waals surface area contributed by atoms with Crippen LogP contribution in [0.25, 0.3) is 0 Å². The summed E-state index contributed by atoms with van der Waals surface area (Å²) >= 11 is 0. The van der Waals surface area contributed by atoms with Crippen molar-refractivity contribution in [1.82, 2.24) is 4.90 Å². The molecule has 0 unspecified atom stereocenters. The summed E-state index contributed by atoms with van der Waals surface area (Å²) in [6.07, 6.45) is 0. The molecule has 0 aliphatic rings. The number of hydrogen-bond donors (Lipinski definition) is 0. The minimum absolute atomic E-state index is 0.608. The van der Waals surface area contributed by atoms with Gasteiger partial charge in [-0.1, -0.05) is 30.3 Å². The average molecular weight is 280 g/mol. The Labute approximate surface area is 126 Å². The van der Waals surface area contributed by atoms with Gasteiger partial charge in [0.2, 0.25) is 0 Å². The van der Waals surface area contributed by atoms with E-state index in [0.717, 1.165) is 18.8 Å². The van der Waals surface area contributed by atoms with Crippen LogP contribution in [-0.2, 0) is 6.54 Å². The minimum Gasteiger partial charge on any atom is -0.492 e. The maximum absolute atomic E-state index is 8.85. The van der Waals surface area contributed by atoms with E-state index in [-0.39, 0.29) is 0 Å². The normalized spacial score (nSPS) is 10.4. The van der Waals surface area contributed by atoms with Crippen molar-refractivity contribution in [2.45, 2.75) is 13.5 Å². The number of ether oxygens (including phenoxy) is 1. The van der Waals surface area contributed by atoms with Gasteiger partial charge in [-0.2, -0.15) is 5.26 Å². The molecule has 0 saturated carbocycles. The van der Waals surface area contributed by atoms with Gasteiger partial charge in [0.15, 0.2) is 0 Å². The lowest BCUT2D eigenvalue weighted by atomic mass is 10.1. The van der Waals surface area contributed by atoms with Gasteiger partial charge in [0.05, 0.1) is 11.6 Å². The van der Waals surface area contributed by atoms with Crippen LogP contribution in [0, 0.1) is 18.3 Å². The van der Waals surface area contributed by atoms with Gasteiger partial charge in [0.1, 0.15) is 12.4 Å². The molecule has 108 valence electrons. The van der Waals surface area contributed by atoms with Gasteiger partial charge < -0.3 is 4.74 Å². The van der Waals surface area contributed by atoms with E-state index in [1.807, 2.05) is 12.1 Å². The Balaban J connectivity index is 1.80. The quantitative estimate of drug-likeness (QED) is 0.814. The molecule has 0 heterocycles. The van der Waals surface area contributed by atoms with Crippen molar-refractivity contribution in [1.29, 1.82) is 5.26 Å². The standard InChI is InChI=1S/C18H20N2O/c1-15-6-3-4-8-17(15)14-20(2)10-11-21-18-9-5-7-16(12-18)13-19/h3-9,12H,10-11,14H2,1-2H3. The zero-order chi connectivity index (χ0) is 15.1. The van der Waals surface area contributed by atoms with E-state index < -0.39 is 0 Å². The minimum atomic E-state index is 0.608. The fraction of sp³-hybridized carbons (Fsp3) is 0.278. The lowest BCUT2D eigenvalue weighted by Gasteiger charge is -2.18. The van der Waals surface area contributed by atoms with Crippen molar-refractivity contribution in [2.24, 2.45) is 0 Å². The van der Waals surface area contributed by atoms with Crippen molar-refractivity contribution >= 4 is 0 Å². The highest BCUT2D eigenvalue weighted by atomic mass is 16.5. The van der Waals surface area contributed by atoms with Crippen LogP contribution in [0.1, 0.15) is 16.7 Å². The predicted molar refractivity (Wildman–Crippen MR) is 84.2 cm³/mol. The van der Waals surface area contributed by atoms with E-state index in [1.54, 1.807) is 12.1 Å². The number of nitrogens with zero attached hydrogens (tertiary/aromatic N) is 2. The molecule has 3 heteroatoms. The lowest BCUT2D eigenvalue weighted by molar-refractivity contribution is 0.232. The van der Waals surface area contributed by atoms with Crippen molar-refractivity contribution in [3.05, 3.63) is 65.2 Å². The molecule has 0 spiro atoms. The van der Waals surface area contributed by atoms with E-state index in [4.69, 9.17) is 10.00 Å². The highest BCUT2D eigenvalue weighted by Crippen LogP contribution is 2.13. The number of likely N-dealkylation sites (N-methyl/N-ethyl adjacent to an activating group) is 1. The third kappa shape index (κ3) is 4.62. The topological polar surface area (TPSA) is 36.3 Å². The Hall–Kier alpha value is -2.31. The molecule has 3 nitrogen and oxygen atoms in total. The molecule has 0 atom stereocenters. The lowest BCUT2D eigenvalue weighted by Crippen LogP contribution is -2.24. The van der Waals surface area contributed by atoms with Crippen LogP contribution in [0.3, 0.4) is 0 Å². The van der Waals surface area contributed by atoms with Crippen LogP contribution < -0.4 is 4.74 Å². The number of benzene rings is 2. The van der Waals surface area contributed by atoms with Gasteiger partial charge >= 0.3 is 0 Å². The molecule has 0 fully saturated rings. The maximum Gasteiger partial charge on any atom is 0.120 e. The first-order valence-electron chi connectivity index (χ1n) is 7.05. The second kappa shape index (κ2) is 7.47. The molecule has 0 aliphatic carbocycles. The van der Waals surface area contributed by atoms with Gasteiger partial charge in [-0.15, -0.1) is 0 Å². The van der Waals surface area contributed by atoms with Crippen LogP contribution >= 0.6 is 0 Å². The summed E-state index contributed by atoms with van der Waals surface area (Å²) in [5.74, 6) is 0.748. The first kappa shape index (κ1) is 15.1. The summed E-state index contributed by atoms with van der Waals surface area (Å²) in [7, 11) is 2.08. The van der Waals surface area contributed by atoms with Crippen LogP contribution in [0.4, 0.5) is 0 Å². The fourth-order valence-electron chi connectivity index (χ4n) is 2.13. The second-order valence-corrected chi connectivity index (χ2v) is 5.15. The Morgan fingerprint density at radius 3 is 2.71 bits per heavy atom. The first-order chi connectivity index (χ1) is 10.2. The summed E-state index contributed by atoms with van der Waals surface area (Å²) < 4.78 is 5.69. The summed E-state index contributed by atoms with van der Waals surface area (Å²) in [4.78, 5) is 2.23. The van der Waals surface area contributed by atoms with Gasteiger partial charge in [-0.25, -0.2) is 0 Å². The van der Waals surface area contributed by atoms with E-state index in [9.17, 15) is 0 Å². The van der Waals surface area contributed by atoms with Gasteiger partial charge in [0, 0.05) is 13.1 Å². The number of nitriles is 1.